The predicted octanol–water partition coefficient (Wildman–Crippen LogP) is 3.07. The summed E-state index contributed by atoms with van der Waals surface area (Å²) >= 11 is 11.7. The van der Waals surface area contributed by atoms with Crippen LogP contribution in [0.4, 0.5) is 0 Å². The van der Waals surface area contributed by atoms with E-state index in [1.807, 2.05) is 0 Å². The van der Waals surface area contributed by atoms with E-state index in [0.29, 0.717) is 5.56 Å². The second-order valence-electron chi connectivity index (χ2n) is 3.88. The van der Waals surface area contributed by atoms with Gasteiger partial charge in [-0.3, -0.25) is 20.4 Å². The number of halogens is 2. The fraction of sp³-hybridized carbons (Fsp3) is 0. The molecule has 102 valence electrons. The van der Waals surface area contributed by atoms with Crippen LogP contribution in [-0.4, -0.2) is 11.8 Å². The van der Waals surface area contributed by atoms with Crippen LogP contribution in [0, 0.1) is 0 Å². The van der Waals surface area contributed by atoms with E-state index in [4.69, 9.17) is 23.2 Å². The van der Waals surface area contributed by atoms with Gasteiger partial charge in [-0.25, -0.2) is 0 Å². The van der Waals surface area contributed by atoms with Crippen LogP contribution in [0.1, 0.15) is 20.7 Å². The van der Waals surface area contributed by atoms with Crippen LogP contribution in [-0.2, 0) is 0 Å². The summed E-state index contributed by atoms with van der Waals surface area (Å²) in [4.78, 5) is 23.6. The van der Waals surface area contributed by atoms with Crippen LogP contribution < -0.4 is 10.9 Å². The van der Waals surface area contributed by atoms with Gasteiger partial charge in [-0.05, 0) is 24.3 Å². The molecule has 0 saturated heterocycles. The van der Waals surface area contributed by atoms with Crippen LogP contribution in [0.15, 0.2) is 48.5 Å². The van der Waals surface area contributed by atoms with E-state index in [1.165, 1.54) is 6.07 Å². The van der Waals surface area contributed by atoms with Gasteiger partial charge < -0.3 is 0 Å². The Kier molecular flexibility index (Phi) is 4.61. The van der Waals surface area contributed by atoms with Gasteiger partial charge in [0.05, 0.1) is 15.6 Å². The Morgan fingerprint density at radius 1 is 0.800 bits per heavy atom. The Morgan fingerprint density at radius 3 is 2.15 bits per heavy atom. The van der Waals surface area contributed by atoms with Crippen LogP contribution >= 0.6 is 23.2 Å². The molecule has 2 N–H and O–H groups in total. The molecule has 0 bridgehead atoms. The topological polar surface area (TPSA) is 58.2 Å². The summed E-state index contributed by atoms with van der Waals surface area (Å²) in [6.45, 7) is 0. The smallest absolute Gasteiger partial charge is 0.267 e. The van der Waals surface area contributed by atoms with Gasteiger partial charge in [0.2, 0.25) is 0 Å². The van der Waals surface area contributed by atoms with Gasteiger partial charge in [0.15, 0.2) is 0 Å². The lowest BCUT2D eigenvalue weighted by Gasteiger charge is -2.09. The Bertz CT molecular complexity index is 645. The molecule has 6 heteroatoms. The highest BCUT2D eigenvalue weighted by Crippen LogP contribution is 2.25. The van der Waals surface area contributed by atoms with E-state index >= 15 is 0 Å². The van der Waals surface area contributed by atoms with E-state index in [-0.39, 0.29) is 15.6 Å². The lowest BCUT2D eigenvalue weighted by Crippen LogP contribution is -2.41. The quantitative estimate of drug-likeness (QED) is 0.838. The molecule has 0 fully saturated rings. The zero-order valence-electron chi connectivity index (χ0n) is 10.2. The van der Waals surface area contributed by atoms with Gasteiger partial charge in [0.1, 0.15) is 0 Å². The van der Waals surface area contributed by atoms with Crippen molar-refractivity contribution in [1.29, 1.82) is 0 Å². The first-order valence-corrected chi connectivity index (χ1v) is 6.45. The third-order valence-corrected chi connectivity index (χ3v) is 3.34. The summed E-state index contributed by atoms with van der Waals surface area (Å²) in [5.74, 6) is -0.959. The van der Waals surface area contributed by atoms with Crippen LogP contribution in [0.3, 0.4) is 0 Å². The average molecular weight is 309 g/mol. The fourth-order valence-electron chi connectivity index (χ4n) is 1.52. The molecule has 0 heterocycles. The minimum atomic E-state index is -0.540. The van der Waals surface area contributed by atoms with E-state index in [2.05, 4.69) is 10.9 Å². The summed E-state index contributed by atoms with van der Waals surface area (Å²) in [7, 11) is 0. The number of amides is 2. The molecule has 0 atom stereocenters. The molecule has 0 aliphatic heterocycles. The number of hydrogen-bond donors (Lipinski definition) is 2. The molecule has 20 heavy (non-hydrogen) atoms. The number of hydrazine groups is 1. The molecule has 0 aliphatic rings. The average Bonchev–Trinajstić information content (AvgIpc) is 2.48. The molecular formula is C14H10Cl2N2O2. The number of carbonyl (C=O) groups excluding carboxylic acids is 2. The number of benzene rings is 2. The van der Waals surface area contributed by atoms with Crippen molar-refractivity contribution in [2.45, 2.75) is 0 Å². The maximum absolute atomic E-state index is 11.9. The zero-order valence-corrected chi connectivity index (χ0v) is 11.7. The first-order valence-electron chi connectivity index (χ1n) is 5.69. The van der Waals surface area contributed by atoms with Crippen molar-refractivity contribution < 1.29 is 9.59 Å². The van der Waals surface area contributed by atoms with Gasteiger partial charge in [-0.2, -0.15) is 0 Å². The summed E-state index contributed by atoms with van der Waals surface area (Å²) in [5.41, 5.74) is 5.21. The molecule has 4 nitrogen and oxygen atoms in total. The van der Waals surface area contributed by atoms with Gasteiger partial charge in [-0.1, -0.05) is 47.5 Å². The summed E-state index contributed by atoms with van der Waals surface area (Å²) in [6, 6.07) is 13.2. The van der Waals surface area contributed by atoms with E-state index in [1.54, 1.807) is 42.5 Å². The Balaban J connectivity index is 2.03. The van der Waals surface area contributed by atoms with E-state index in [0.717, 1.165) is 0 Å². The number of carbonyl (C=O) groups is 2. The van der Waals surface area contributed by atoms with E-state index in [9.17, 15) is 9.59 Å². The summed E-state index contributed by atoms with van der Waals surface area (Å²) < 4.78 is 0. The lowest BCUT2D eigenvalue weighted by molar-refractivity contribution is 0.0847. The molecule has 0 unspecified atom stereocenters. The van der Waals surface area contributed by atoms with Crippen LogP contribution in [0.2, 0.25) is 10.0 Å². The van der Waals surface area contributed by atoms with Gasteiger partial charge in [0, 0.05) is 5.56 Å². The van der Waals surface area contributed by atoms with Crippen molar-refractivity contribution in [3.8, 4) is 0 Å². The van der Waals surface area contributed by atoms with Gasteiger partial charge in [-0.15, -0.1) is 0 Å². The molecule has 2 rings (SSSR count). The van der Waals surface area contributed by atoms with Crippen molar-refractivity contribution in [2.24, 2.45) is 0 Å². The SMILES string of the molecule is O=C(NNC(=O)c1cccc(Cl)c1Cl)c1ccccc1. The van der Waals surface area contributed by atoms with E-state index < -0.39 is 11.8 Å². The minimum Gasteiger partial charge on any atom is -0.267 e. The predicted molar refractivity (Wildman–Crippen MR) is 77.8 cm³/mol. The number of hydrogen-bond acceptors (Lipinski definition) is 2. The fourth-order valence-corrected chi connectivity index (χ4v) is 1.91. The maximum Gasteiger partial charge on any atom is 0.271 e. The molecule has 0 aromatic heterocycles. The van der Waals surface area contributed by atoms with Crippen molar-refractivity contribution in [3.63, 3.8) is 0 Å². The highest BCUT2D eigenvalue weighted by molar-refractivity contribution is 6.43. The molecular weight excluding hydrogens is 299 g/mol. The summed E-state index contributed by atoms with van der Waals surface area (Å²) in [5, 5.41) is 0.411. The third kappa shape index (κ3) is 3.29. The van der Waals surface area contributed by atoms with Crippen LogP contribution in [0.25, 0.3) is 0 Å². The van der Waals surface area contributed by atoms with Gasteiger partial charge >= 0.3 is 0 Å². The lowest BCUT2D eigenvalue weighted by atomic mass is 10.2. The monoisotopic (exact) mass is 308 g/mol. The third-order valence-electron chi connectivity index (χ3n) is 2.52. The zero-order chi connectivity index (χ0) is 14.5. The Labute approximate surface area is 125 Å². The standard InChI is InChI=1S/C14H10Cl2N2O2/c15-11-8-4-7-10(12(11)16)14(20)18-17-13(19)9-5-2-1-3-6-9/h1-8H,(H,17,19)(H,18,20). The molecule has 0 aliphatic carbocycles. The molecule has 0 saturated carbocycles. The first kappa shape index (κ1) is 14.4. The molecule has 2 aromatic carbocycles. The second kappa shape index (κ2) is 6.41. The van der Waals surface area contributed by atoms with Crippen molar-refractivity contribution >= 4 is 35.0 Å². The van der Waals surface area contributed by atoms with Gasteiger partial charge in [0.25, 0.3) is 11.8 Å². The molecule has 0 radical (unpaired) electrons. The second-order valence-corrected chi connectivity index (χ2v) is 4.66. The summed E-state index contributed by atoms with van der Waals surface area (Å²) in [6.07, 6.45) is 0. The highest BCUT2D eigenvalue weighted by Gasteiger charge is 2.13. The molecule has 2 aromatic rings. The van der Waals surface area contributed by atoms with Crippen LogP contribution in [0.5, 0.6) is 0 Å². The Morgan fingerprint density at radius 2 is 1.45 bits per heavy atom. The van der Waals surface area contributed by atoms with Crippen molar-refractivity contribution in [2.75, 3.05) is 0 Å². The van der Waals surface area contributed by atoms with Crippen molar-refractivity contribution in [3.05, 3.63) is 69.7 Å². The number of rotatable bonds is 2. The maximum atomic E-state index is 11.9. The molecule has 2 amide bonds. The number of nitrogens with one attached hydrogen (secondary N) is 2. The highest BCUT2D eigenvalue weighted by atomic mass is 35.5. The minimum absolute atomic E-state index is 0.139. The molecule has 0 spiro atoms. The van der Waals surface area contributed by atoms with Crippen molar-refractivity contribution in [1.82, 2.24) is 10.9 Å². The Hall–Kier alpha value is -2.04. The normalized spacial score (nSPS) is 9.90. The largest absolute Gasteiger partial charge is 0.271 e. The first-order chi connectivity index (χ1) is 9.59.